The van der Waals surface area contributed by atoms with E-state index in [9.17, 15) is 0 Å². The van der Waals surface area contributed by atoms with Crippen LogP contribution in [0.3, 0.4) is 0 Å². The quantitative estimate of drug-likeness (QED) is 0.553. The molecule has 1 aromatic heterocycles. The number of aromatic nitrogens is 2. The molecule has 3 rings (SSSR count). The van der Waals surface area contributed by atoms with Gasteiger partial charge in [-0.05, 0) is 56.4 Å². The van der Waals surface area contributed by atoms with Gasteiger partial charge >= 0.3 is 0 Å². The first-order valence-corrected chi connectivity index (χ1v) is 8.85. The Hall–Kier alpha value is -2.63. The monoisotopic (exact) mass is 383 g/mol. The van der Waals surface area contributed by atoms with Crippen molar-refractivity contribution < 1.29 is 0 Å². The summed E-state index contributed by atoms with van der Waals surface area (Å²) in [4.78, 5) is 11.0. The van der Waals surface area contributed by atoms with Crippen molar-refractivity contribution in [2.24, 2.45) is 0 Å². The van der Waals surface area contributed by atoms with Crippen molar-refractivity contribution in [2.45, 2.75) is 6.42 Å². The van der Waals surface area contributed by atoms with Gasteiger partial charge in [0.25, 0.3) is 0 Å². The van der Waals surface area contributed by atoms with E-state index in [2.05, 4.69) is 63.9 Å². The molecule has 2 N–H and O–H groups in total. The molecule has 6 heteroatoms. The maximum atomic E-state index is 4.54. The van der Waals surface area contributed by atoms with Gasteiger partial charge in [0.1, 0.15) is 5.82 Å². The Morgan fingerprint density at radius 3 is 2.48 bits per heavy atom. The minimum atomic E-state index is 0. The summed E-state index contributed by atoms with van der Waals surface area (Å²) < 4.78 is 0. The van der Waals surface area contributed by atoms with E-state index in [0.29, 0.717) is 5.95 Å². The maximum absolute atomic E-state index is 4.54. The molecule has 0 atom stereocenters. The van der Waals surface area contributed by atoms with E-state index in [1.807, 2.05) is 36.4 Å². The van der Waals surface area contributed by atoms with E-state index >= 15 is 0 Å². The SMILES string of the molecule is CN(C)CCCNc1ccnc(Nc2cccc(-c3ccccc3)c2)n1.Cl. The smallest absolute Gasteiger partial charge is 0.229 e. The Kier molecular flexibility index (Phi) is 8.04. The Labute approximate surface area is 167 Å². The molecule has 1 heterocycles. The molecule has 3 aromatic rings. The number of anilines is 3. The fourth-order valence-corrected chi connectivity index (χ4v) is 2.67. The van der Waals surface area contributed by atoms with Gasteiger partial charge < -0.3 is 15.5 Å². The highest BCUT2D eigenvalue weighted by molar-refractivity contribution is 5.85. The number of hydrogen-bond acceptors (Lipinski definition) is 5. The maximum Gasteiger partial charge on any atom is 0.229 e. The van der Waals surface area contributed by atoms with Crippen LogP contribution in [-0.4, -0.2) is 42.1 Å². The van der Waals surface area contributed by atoms with Gasteiger partial charge in [-0.25, -0.2) is 4.98 Å². The third-order valence-corrected chi connectivity index (χ3v) is 3.97. The van der Waals surface area contributed by atoms with Gasteiger partial charge in [0, 0.05) is 18.4 Å². The van der Waals surface area contributed by atoms with Gasteiger partial charge in [-0.1, -0.05) is 42.5 Å². The fourth-order valence-electron chi connectivity index (χ4n) is 2.67. The molecule has 5 nitrogen and oxygen atoms in total. The molecule has 0 bridgehead atoms. The Balaban J connectivity index is 0.00000261. The van der Waals surface area contributed by atoms with Crippen molar-refractivity contribution in [1.82, 2.24) is 14.9 Å². The predicted molar refractivity (Wildman–Crippen MR) is 116 cm³/mol. The fraction of sp³-hybridized carbons (Fsp3) is 0.238. The van der Waals surface area contributed by atoms with Crippen molar-refractivity contribution >= 4 is 29.9 Å². The molecule has 2 aromatic carbocycles. The predicted octanol–water partition coefficient (Wildman–Crippen LogP) is 4.67. The molecule has 0 saturated heterocycles. The summed E-state index contributed by atoms with van der Waals surface area (Å²) in [5.74, 6) is 1.42. The van der Waals surface area contributed by atoms with Crippen molar-refractivity contribution in [3.8, 4) is 11.1 Å². The van der Waals surface area contributed by atoms with E-state index in [-0.39, 0.29) is 12.4 Å². The van der Waals surface area contributed by atoms with Gasteiger partial charge in [-0.2, -0.15) is 4.98 Å². The minimum absolute atomic E-state index is 0. The molecule has 0 radical (unpaired) electrons. The van der Waals surface area contributed by atoms with Crippen LogP contribution in [0.1, 0.15) is 6.42 Å². The molecule has 0 saturated carbocycles. The summed E-state index contributed by atoms with van der Waals surface area (Å²) in [6.45, 7) is 1.94. The second-order valence-electron chi connectivity index (χ2n) is 6.42. The third kappa shape index (κ3) is 6.55. The second kappa shape index (κ2) is 10.5. The molecule has 0 spiro atoms. The average molecular weight is 384 g/mol. The van der Waals surface area contributed by atoms with Crippen LogP contribution in [0.5, 0.6) is 0 Å². The molecule has 0 aliphatic rings. The highest BCUT2D eigenvalue weighted by Crippen LogP contribution is 2.23. The summed E-state index contributed by atoms with van der Waals surface area (Å²) in [5, 5.41) is 6.64. The van der Waals surface area contributed by atoms with E-state index < -0.39 is 0 Å². The van der Waals surface area contributed by atoms with Crippen LogP contribution in [0.4, 0.5) is 17.5 Å². The van der Waals surface area contributed by atoms with E-state index in [4.69, 9.17) is 0 Å². The van der Waals surface area contributed by atoms with Crippen LogP contribution in [0.2, 0.25) is 0 Å². The zero-order chi connectivity index (χ0) is 18.2. The summed E-state index contributed by atoms with van der Waals surface area (Å²) in [7, 11) is 4.16. The topological polar surface area (TPSA) is 53.1 Å². The average Bonchev–Trinajstić information content (AvgIpc) is 2.66. The molecule has 0 amide bonds. The Morgan fingerprint density at radius 1 is 0.926 bits per heavy atom. The molecular weight excluding hydrogens is 358 g/mol. The normalized spacial score (nSPS) is 10.3. The molecule has 142 valence electrons. The lowest BCUT2D eigenvalue weighted by Crippen LogP contribution is -2.16. The van der Waals surface area contributed by atoms with Crippen LogP contribution >= 0.6 is 12.4 Å². The standard InChI is InChI=1S/C21H25N5.ClH/c1-26(2)15-7-13-22-20-12-14-23-21(25-20)24-19-11-6-10-18(16-19)17-8-4-3-5-9-17;/h3-6,8-12,14,16H,7,13,15H2,1-2H3,(H2,22,23,24,25);1H. The van der Waals surface area contributed by atoms with Crippen LogP contribution < -0.4 is 10.6 Å². The molecule has 0 aliphatic heterocycles. The largest absolute Gasteiger partial charge is 0.370 e. The highest BCUT2D eigenvalue weighted by Gasteiger charge is 2.02. The van der Waals surface area contributed by atoms with Crippen LogP contribution in [0.25, 0.3) is 11.1 Å². The first kappa shape index (κ1) is 20.7. The van der Waals surface area contributed by atoms with Gasteiger partial charge in [-0.15, -0.1) is 12.4 Å². The van der Waals surface area contributed by atoms with Gasteiger partial charge in [0.05, 0.1) is 0 Å². The summed E-state index contributed by atoms with van der Waals surface area (Å²) in [5.41, 5.74) is 3.32. The van der Waals surface area contributed by atoms with Crippen molar-refractivity contribution in [1.29, 1.82) is 0 Å². The van der Waals surface area contributed by atoms with E-state index in [1.165, 1.54) is 5.56 Å². The summed E-state index contributed by atoms with van der Waals surface area (Å²) in [6, 6.07) is 20.5. The first-order chi connectivity index (χ1) is 12.7. The Morgan fingerprint density at radius 2 is 1.70 bits per heavy atom. The summed E-state index contributed by atoms with van der Waals surface area (Å²) >= 11 is 0. The molecular formula is C21H26ClN5. The van der Waals surface area contributed by atoms with Crippen molar-refractivity contribution in [2.75, 3.05) is 37.8 Å². The number of rotatable bonds is 8. The molecule has 0 unspecified atom stereocenters. The highest BCUT2D eigenvalue weighted by atomic mass is 35.5. The van der Waals surface area contributed by atoms with Crippen LogP contribution in [0.15, 0.2) is 66.9 Å². The number of nitrogens with zero attached hydrogens (tertiary/aromatic N) is 3. The minimum Gasteiger partial charge on any atom is -0.370 e. The van der Waals surface area contributed by atoms with Gasteiger partial charge in [0.2, 0.25) is 5.95 Å². The zero-order valence-corrected chi connectivity index (χ0v) is 16.5. The number of halogens is 1. The van der Waals surface area contributed by atoms with Crippen LogP contribution in [-0.2, 0) is 0 Å². The Bertz CT molecular complexity index is 824. The number of benzene rings is 2. The molecule has 27 heavy (non-hydrogen) atoms. The number of hydrogen-bond donors (Lipinski definition) is 2. The second-order valence-corrected chi connectivity index (χ2v) is 6.42. The first-order valence-electron chi connectivity index (χ1n) is 8.85. The number of nitrogens with one attached hydrogen (secondary N) is 2. The summed E-state index contributed by atoms with van der Waals surface area (Å²) in [6.07, 6.45) is 2.84. The zero-order valence-electron chi connectivity index (χ0n) is 15.7. The van der Waals surface area contributed by atoms with Gasteiger partial charge in [0.15, 0.2) is 0 Å². The molecule has 0 fully saturated rings. The lowest BCUT2D eigenvalue weighted by atomic mass is 10.1. The van der Waals surface area contributed by atoms with E-state index in [0.717, 1.165) is 36.6 Å². The molecule has 0 aliphatic carbocycles. The van der Waals surface area contributed by atoms with E-state index in [1.54, 1.807) is 6.20 Å². The lowest BCUT2D eigenvalue weighted by molar-refractivity contribution is 0.405. The van der Waals surface area contributed by atoms with Crippen LogP contribution in [0, 0.1) is 0 Å². The lowest BCUT2D eigenvalue weighted by Gasteiger charge is -2.11. The third-order valence-electron chi connectivity index (χ3n) is 3.97. The van der Waals surface area contributed by atoms with Crippen molar-refractivity contribution in [3.63, 3.8) is 0 Å². The van der Waals surface area contributed by atoms with Gasteiger partial charge in [-0.3, -0.25) is 0 Å². The van der Waals surface area contributed by atoms with Crippen molar-refractivity contribution in [3.05, 3.63) is 66.9 Å².